The molecule has 1 atom stereocenters. The van der Waals surface area contributed by atoms with Gasteiger partial charge in [0.15, 0.2) is 5.78 Å². The zero-order valence-corrected chi connectivity index (χ0v) is 7.71. The van der Waals surface area contributed by atoms with Crippen molar-refractivity contribution in [3.05, 3.63) is 35.4 Å². The van der Waals surface area contributed by atoms with Crippen LogP contribution < -0.4 is 5.32 Å². The van der Waals surface area contributed by atoms with Crippen LogP contribution in [0.1, 0.15) is 23.6 Å². The SMILES string of the molecule is Cc1ccccc1C1NCCC1=O. The van der Waals surface area contributed by atoms with Crippen molar-refractivity contribution in [3.63, 3.8) is 0 Å². The normalized spacial score (nSPS) is 22.2. The van der Waals surface area contributed by atoms with Gasteiger partial charge in [-0.25, -0.2) is 0 Å². The van der Waals surface area contributed by atoms with Crippen molar-refractivity contribution in [1.29, 1.82) is 0 Å². The minimum atomic E-state index is -0.0544. The van der Waals surface area contributed by atoms with Crippen molar-refractivity contribution in [1.82, 2.24) is 5.32 Å². The number of ketones is 1. The summed E-state index contributed by atoms with van der Waals surface area (Å²) in [5.74, 6) is 0.314. The third-order valence-electron chi connectivity index (χ3n) is 2.54. The van der Waals surface area contributed by atoms with Gasteiger partial charge in [0.2, 0.25) is 0 Å². The summed E-state index contributed by atoms with van der Waals surface area (Å²) in [5, 5.41) is 3.21. The summed E-state index contributed by atoms with van der Waals surface area (Å²) < 4.78 is 0. The first-order valence-corrected chi connectivity index (χ1v) is 4.60. The van der Waals surface area contributed by atoms with Crippen LogP contribution in [-0.4, -0.2) is 12.3 Å². The van der Waals surface area contributed by atoms with Crippen LogP contribution in [0.3, 0.4) is 0 Å². The molecule has 2 nitrogen and oxygen atoms in total. The van der Waals surface area contributed by atoms with Crippen LogP contribution in [0.5, 0.6) is 0 Å². The lowest BCUT2D eigenvalue weighted by Crippen LogP contribution is -2.18. The van der Waals surface area contributed by atoms with E-state index in [0.29, 0.717) is 12.2 Å². The fraction of sp³-hybridized carbons (Fsp3) is 0.364. The van der Waals surface area contributed by atoms with E-state index in [4.69, 9.17) is 0 Å². The molecule has 1 aromatic carbocycles. The summed E-state index contributed by atoms with van der Waals surface area (Å²) in [5.41, 5.74) is 2.32. The van der Waals surface area contributed by atoms with E-state index in [2.05, 4.69) is 5.32 Å². The number of carbonyl (C=O) groups excluding carboxylic acids is 1. The van der Waals surface area contributed by atoms with Crippen LogP contribution in [0.2, 0.25) is 0 Å². The molecule has 0 amide bonds. The number of aryl methyl sites for hydroxylation is 1. The van der Waals surface area contributed by atoms with Gasteiger partial charge in [-0.05, 0) is 18.1 Å². The molecule has 2 heteroatoms. The first kappa shape index (κ1) is 8.45. The van der Waals surface area contributed by atoms with Crippen LogP contribution in [0, 0.1) is 6.92 Å². The van der Waals surface area contributed by atoms with Crippen molar-refractivity contribution in [2.75, 3.05) is 6.54 Å². The monoisotopic (exact) mass is 175 g/mol. The molecule has 0 aromatic heterocycles. The highest BCUT2D eigenvalue weighted by molar-refractivity contribution is 5.87. The second kappa shape index (κ2) is 3.30. The zero-order valence-electron chi connectivity index (χ0n) is 7.71. The fourth-order valence-electron chi connectivity index (χ4n) is 1.79. The first-order valence-electron chi connectivity index (χ1n) is 4.60. The van der Waals surface area contributed by atoms with Crippen molar-refractivity contribution < 1.29 is 4.79 Å². The number of rotatable bonds is 1. The average molecular weight is 175 g/mol. The Hall–Kier alpha value is -1.15. The molecule has 2 rings (SSSR count). The largest absolute Gasteiger partial charge is 0.303 e. The lowest BCUT2D eigenvalue weighted by atomic mass is 9.99. The van der Waals surface area contributed by atoms with Crippen LogP contribution in [-0.2, 0) is 4.79 Å². The van der Waals surface area contributed by atoms with Crippen LogP contribution >= 0.6 is 0 Å². The van der Waals surface area contributed by atoms with E-state index >= 15 is 0 Å². The molecule has 0 saturated carbocycles. The molecule has 1 N–H and O–H groups in total. The Morgan fingerprint density at radius 3 is 2.77 bits per heavy atom. The summed E-state index contributed by atoms with van der Waals surface area (Å²) in [4.78, 5) is 11.5. The maximum atomic E-state index is 11.5. The molecule has 0 radical (unpaired) electrons. The second-order valence-corrected chi connectivity index (χ2v) is 3.46. The van der Waals surface area contributed by atoms with E-state index in [1.54, 1.807) is 0 Å². The average Bonchev–Trinajstić information content (AvgIpc) is 2.52. The van der Waals surface area contributed by atoms with Gasteiger partial charge in [-0.15, -0.1) is 0 Å². The maximum absolute atomic E-state index is 11.5. The molecular formula is C11H13NO. The summed E-state index contributed by atoms with van der Waals surface area (Å²) in [6.07, 6.45) is 0.666. The predicted octanol–water partition coefficient (Wildman–Crippen LogP) is 1.60. The zero-order chi connectivity index (χ0) is 9.26. The molecule has 1 aliphatic rings. The Balaban J connectivity index is 2.34. The van der Waals surface area contributed by atoms with Crippen molar-refractivity contribution in [2.24, 2.45) is 0 Å². The number of hydrogen-bond acceptors (Lipinski definition) is 2. The van der Waals surface area contributed by atoms with Crippen molar-refractivity contribution in [2.45, 2.75) is 19.4 Å². The van der Waals surface area contributed by atoms with Gasteiger partial charge in [-0.2, -0.15) is 0 Å². The van der Waals surface area contributed by atoms with Gasteiger partial charge in [0.05, 0.1) is 6.04 Å². The smallest absolute Gasteiger partial charge is 0.155 e. The van der Waals surface area contributed by atoms with E-state index in [-0.39, 0.29) is 6.04 Å². The molecule has 0 bridgehead atoms. The molecule has 1 fully saturated rings. The molecule has 1 aromatic rings. The fourth-order valence-corrected chi connectivity index (χ4v) is 1.79. The van der Waals surface area contributed by atoms with Gasteiger partial charge in [-0.1, -0.05) is 24.3 Å². The van der Waals surface area contributed by atoms with Gasteiger partial charge in [0, 0.05) is 13.0 Å². The number of carbonyl (C=O) groups is 1. The van der Waals surface area contributed by atoms with Crippen LogP contribution in [0.15, 0.2) is 24.3 Å². The Bertz CT molecular complexity index is 333. The third-order valence-corrected chi connectivity index (χ3v) is 2.54. The number of benzene rings is 1. The first-order chi connectivity index (χ1) is 6.29. The van der Waals surface area contributed by atoms with Gasteiger partial charge in [-0.3, -0.25) is 4.79 Å². The van der Waals surface area contributed by atoms with Crippen molar-refractivity contribution >= 4 is 5.78 Å². The molecule has 0 spiro atoms. The number of Topliss-reactive ketones (excluding diaryl/α,β-unsaturated/α-hetero) is 1. The Labute approximate surface area is 78.0 Å². The van der Waals surface area contributed by atoms with E-state index in [9.17, 15) is 4.79 Å². The second-order valence-electron chi connectivity index (χ2n) is 3.46. The Morgan fingerprint density at radius 2 is 2.15 bits per heavy atom. The lowest BCUT2D eigenvalue weighted by molar-refractivity contribution is -0.118. The summed E-state index contributed by atoms with van der Waals surface area (Å²) in [6, 6.07) is 7.99. The summed E-state index contributed by atoms with van der Waals surface area (Å²) in [7, 11) is 0. The van der Waals surface area contributed by atoms with E-state index in [1.807, 2.05) is 31.2 Å². The van der Waals surface area contributed by atoms with Gasteiger partial charge >= 0.3 is 0 Å². The minimum Gasteiger partial charge on any atom is -0.303 e. The van der Waals surface area contributed by atoms with Gasteiger partial charge < -0.3 is 5.32 Å². The molecule has 1 heterocycles. The van der Waals surface area contributed by atoms with Crippen LogP contribution in [0.4, 0.5) is 0 Å². The van der Waals surface area contributed by atoms with Crippen molar-refractivity contribution in [3.8, 4) is 0 Å². The lowest BCUT2D eigenvalue weighted by Gasteiger charge is -2.11. The van der Waals surface area contributed by atoms with Gasteiger partial charge in [0.1, 0.15) is 0 Å². The number of hydrogen-bond donors (Lipinski definition) is 1. The maximum Gasteiger partial charge on any atom is 0.155 e. The summed E-state index contributed by atoms with van der Waals surface area (Å²) >= 11 is 0. The van der Waals surface area contributed by atoms with E-state index < -0.39 is 0 Å². The topological polar surface area (TPSA) is 29.1 Å². The molecule has 1 saturated heterocycles. The highest BCUT2D eigenvalue weighted by Gasteiger charge is 2.25. The Kier molecular flexibility index (Phi) is 2.15. The minimum absolute atomic E-state index is 0.0544. The predicted molar refractivity (Wildman–Crippen MR) is 51.5 cm³/mol. The highest BCUT2D eigenvalue weighted by Crippen LogP contribution is 2.22. The number of nitrogens with one attached hydrogen (secondary N) is 1. The molecule has 1 unspecified atom stereocenters. The van der Waals surface area contributed by atoms with E-state index in [0.717, 1.165) is 12.1 Å². The molecular weight excluding hydrogens is 162 g/mol. The molecule has 13 heavy (non-hydrogen) atoms. The molecule has 0 aliphatic carbocycles. The summed E-state index contributed by atoms with van der Waals surface area (Å²) in [6.45, 7) is 2.86. The quantitative estimate of drug-likeness (QED) is 0.702. The van der Waals surface area contributed by atoms with Crippen LogP contribution in [0.25, 0.3) is 0 Å². The Morgan fingerprint density at radius 1 is 1.38 bits per heavy atom. The standard InChI is InChI=1S/C11H13NO/c1-8-4-2-3-5-9(8)11-10(13)6-7-12-11/h2-5,11-12H,6-7H2,1H3. The molecule has 68 valence electrons. The molecule has 1 aliphatic heterocycles. The van der Waals surface area contributed by atoms with E-state index in [1.165, 1.54) is 5.56 Å². The highest BCUT2D eigenvalue weighted by atomic mass is 16.1. The van der Waals surface area contributed by atoms with Gasteiger partial charge in [0.25, 0.3) is 0 Å². The third kappa shape index (κ3) is 1.49.